The highest BCUT2D eigenvalue weighted by atomic mass is 16.4. The van der Waals surface area contributed by atoms with E-state index in [0.717, 1.165) is 36.0 Å². The fraction of sp³-hybridized carbons (Fsp3) is 0.381. The Morgan fingerprint density at radius 1 is 1.24 bits per heavy atom. The lowest BCUT2D eigenvalue weighted by molar-refractivity contribution is -0.159. The molecule has 0 spiro atoms. The van der Waals surface area contributed by atoms with Crippen molar-refractivity contribution < 1.29 is 30.0 Å². The number of fused-ring (bicyclic) bond motifs is 4. The van der Waals surface area contributed by atoms with E-state index in [9.17, 15) is 10.2 Å². The predicted octanol–water partition coefficient (Wildman–Crippen LogP) is 2.17. The number of hydrogen-bond acceptors (Lipinski definition) is 6. The molecule has 2 aromatic rings. The summed E-state index contributed by atoms with van der Waals surface area (Å²) in [6, 6.07) is 7.16. The number of carbonyl (C=O) groups is 2. The Hall–Kier alpha value is -2.97. The van der Waals surface area contributed by atoms with Crippen molar-refractivity contribution in [3.05, 3.63) is 47.7 Å². The monoisotopic (exact) mass is 400 g/mol. The molecule has 29 heavy (non-hydrogen) atoms. The summed E-state index contributed by atoms with van der Waals surface area (Å²) >= 11 is 0. The Labute approximate surface area is 167 Å². The summed E-state index contributed by atoms with van der Waals surface area (Å²) in [5, 5.41) is 36.5. The van der Waals surface area contributed by atoms with E-state index in [0.29, 0.717) is 5.92 Å². The van der Waals surface area contributed by atoms with Crippen LogP contribution in [0.4, 0.5) is 0 Å². The molecule has 4 N–H and O–H groups in total. The summed E-state index contributed by atoms with van der Waals surface area (Å²) < 4.78 is 0. The Morgan fingerprint density at radius 3 is 2.55 bits per heavy atom. The van der Waals surface area contributed by atoms with Gasteiger partial charge in [0.15, 0.2) is 0 Å². The lowest BCUT2D eigenvalue weighted by atomic mass is 9.76. The molecule has 0 aliphatic carbocycles. The van der Waals surface area contributed by atoms with Gasteiger partial charge < -0.3 is 20.4 Å². The van der Waals surface area contributed by atoms with E-state index in [4.69, 9.17) is 19.8 Å². The lowest BCUT2D eigenvalue weighted by Gasteiger charge is -2.48. The summed E-state index contributed by atoms with van der Waals surface area (Å²) in [5.74, 6) is -2.84. The molecule has 0 saturated carbocycles. The summed E-state index contributed by atoms with van der Waals surface area (Å²) in [5.41, 5.74) is 3.19. The first-order chi connectivity index (χ1) is 13.8. The Morgan fingerprint density at radius 2 is 1.97 bits per heavy atom. The molecular formula is C21H24N2O6. The second kappa shape index (κ2) is 8.59. The van der Waals surface area contributed by atoms with Crippen molar-refractivity contribution in [2.45, 2.75) is 31.9 Å². The van der Waals surface area contributed by atoms with Crippen molar-refractivity contribution in [1.82, 2.24) is 9.88 Å². The number of carboxylic acids is 2. The Bertz CT molecular complexity index is 945. The summed E-state index contributed by atoms with van der Waals surface area (Å²) in [6.07, 6.45) is 5.62. The van der Waals surface area contributed by atoms with Crippen molar-refractivity contribution in [2.24, 2.45) is 5.92 Å². The standard InChI is InChI=1S/C19H22N2O2.C2H2O4/c1-2-12-11-21-8-6-13(12)9-18(21)19(23)15-5-7-20-17-4-3-14(22)10-16(15)17;3-1(4)2(5)6/h2-5,7,10,13,18-19,22-23H,6,8-9,11H2,1H3;(H,3,4)(H,5,6)/b12-2+;/t13-,18?,19+;/m0./s1. The minimum atomic E-state index is -1.82. The average molecular weight is 400 g/mol. The van der Waals surface area contributed by atoms with Gasteiger partial charge >= 0.3 is 11.9 Å². The van der Waals surface area contributed by atoms with Crippen LogP contribution in [-0.2, 0) is 9.59 Å². The topological polar surface area (TPSA) is 131 Å². The summed E-state index contributed by atoms with van der Waals surface area (Å²) in [4.78, 5) is 24.9. The number of allylic oxidation sites excluding steroid dienone is 1. The fourth-order valence-electron chi connectivity index (χ4n) is 4.22. The van der Waals surface area contributed by atoms with E-state index in [1.54, 1.807) is 24.4 Å². The van der Waals surface area contributed by atoms with Crippen LogP contribution in [-0.4, -0.2) is 61.4 Å². The van der Waals surface area contributed by atoms with Crippen LogP contribution in [0.2, 0.25) is 0 Å². The number of benzene rings is 1. The number of aromatic hydroxyl groups is 1. The third kappa shape index (κ3) is 4.38. The van der Waals surface area contributed by atoms with Gasteiger partial charge in [-0.15, -0.1) is 0 Å². The van der Waals surface area contributed by atoms with Crippen molar-refractivity contribution in [2.75, 3.05) is 13.1 Å². The third-order valence-corrected chi connectivity index (χ3v) is 5.67. The summed E-state index contributed by atoms with van der Waals surface area (Å²) in [6.45, 7) is 4.14. The van der Waals surface area contributed by atoms with Gasteiger partial charge in [-0.2, -0.15) is 0 Å². The highest BCUT2D eigenvalue weighted by molar-refractivity contribution is 6.27. The van der Waals surface area contributed by atoms with E-state index < -0.39 is 18.0 Å². The fourth-order valence-corrected chi connectivity index (χ4v) is 4.22. The van der Waals surface area contributed by atoms with E-state index in [1.807, 2.05) is 6.07 Å². The zero-order valence-corrected chi connectivity index (χ0v) is 16.0. The molecular weight excluding hydrogens is 376 g/mol. The van der Waals surface area contributed by atoms with Crippen LogP contribution < -0.4 is 0 Å². The first kappa shape index (κ1) is 20.8. The molecule has 1 aromatic heterocycles. The van der Waals surface area contributed by atoms with Gasteiger partial charge in [-0.3, -0.25) is 9.88 Å². The molecule has 8 heteroatoms. The maximum absolute atomic E-state index is 11.0. The summed E-state index contributed by atoms with van der Waals surface area (Å²) in [7, 11) is 0. The number of nitrogens with zero attached hydrogens (tertiary/aromatic N) is 2. The molecule has 3 fully saturated rings. The zero-order chi connectivity index (χ0) is 21.1. The van der Waals surface area contributed by atoms with Gasteiger partial charge in [0, 0.05) is 24.2 Å². The third-order valence-electron chi connectivity index (χ3n) is 5.67. The van der Waals surface area contributed by atoms with Crippen molar-refractivity contribution in [3.8, 4) is 5.75 Å². The van der Waals surface area contributed by atoms with Crippen LogP contribution in [0.1, 0.15) is 31.4 Å². The van der Waals surface area contributed by atoms with Gasteiger partial charge in [-0.1, -0.05) is 11.6 Å². The molecule has 3 saturated heterocycles. The predicted molar refractivity (Wildman–Crippen MR) is 105 cm³/mol. The van der Waals surface area contributed by atoms with Gasteiger partial charge in [-0.05, 0) is 62.1 Å². The van der Waals surface area contributed by atoms with Gasteiger partial charge in [0.05, 0.1) is 11.6 Å². The van der Waals surface area contributed by atoms with Crippen LogP contribution in [0.15, 0.2) is 42.1 Å². The van der Waals surface area contributed by atoms with Gasteiger partial charge in [-0.25, -0.2) is 9.59 Å². The maximum atomic E-state index is 11.0. The molecule has 154 valence electrons. The van der Waals surface area contributed by atoms with E-state index >= 15 is 0 Å². The molecule has 1 aromatic carbocycles. The number of rotatable bonds is 2. The largest absolute Gasteiger partial charge is 0.508 e. The average Bonchev–Trinajstić information content (AvgIpc) is 2.73. The first-order valence-corrected chi connectivity index (χ1v) is 9.42. The van der Waals surface area contributed by atoms with Crippen LogP contribution in [0.5, 0.6) is 5.75 Å². The van der Waals surface area contributed by atoms with E-state index in [2.05, 4.69) is 22.9 Å². The van der Waals surface area contributed by atoms with Crippen LogP contribution >= 0.6 is 0 Å². The number of aliphatic hydroxyl groups is 1. The first-order valence-electron chi connectivity index (χ1n) is 9.42. The SMILES string of the molecule is C/C=C1\CN2CC[C@H]1CC2[C@H](O)c1ccnc2ccc(O)cc12.O=C(O)C(=O)O. The minimum Gasteiger partial charge on any atom is -0.508 e. The highest BCUT2D eigenvalue weighted by Gasteiger charge is 2.40. The molecule has 0 amide bonds. The van der Waals surface area contributed by atoms with Crippen LogP contribution in [0.3, 0.4) is 0 Å². The Balaban J connectivity index is 0.000000353. The van der Waals surface area contributed by atoms with Crippen LogP contribution in [0, 0.1) is 5.92 Å². The van der Waals surface area contributed by atoms with Gasteiger partial charge in [0.25, 0.3) is 0 Å². The number of piperidine rings is 3. The number of phenols is 1. The van der Waals surface area contributed by atoms with Gasteiger partial charge in [0.1, 0.15) is 5.75 Å². The smallest absolute Gasteiger partial charge is 0.414 e. The molecule has 4 heterocycles. The number of aliphatic hydroxyl groups excluding tert-OH is 1. The molecule has 4 atom stereocenters. The van der Waals surface area contributed by atoms with Crippen LogP contribution in [0.25, 0.3) is 10.9 Å². The maximum Gasteiger partial charge on any atom is 0.414 e. The number of pyridine rings is 1. The second-order valence-electron chi connectivity index (χ2n) is 7.28. The van der Waals surface area contributed by atoms with E-state index in [1.165, 1.54) is 12.0 Å². The number of phenolic OH excluding ortho intramolecular Hbond substituents is 1. The molecule has 2 unspecified atom stereocenters. The lowest BCUT2D eigenvalue weighted by Crippen LogP contribution is -2.52. The zero-order valence-electron chi connectivity index (χ0n) is 16.0. The van der Waals surface area contributed by atoms with Crippen molar-refractivity contribution >= 4 is 22.8 Å². The number of hydrogen-bond donors (Lipinski definition) is 4. The number of carboxylic acid groups (broad SMARTS) is 2. The van der Waals surface area contributed by atoms with Crippen molar-refractivity contribution in [3.63, 3.8) is 0 Å². The quantitative estimate of drug-likeness (QED) is 0.446. The van der Waals surface area contributed by atoms with Gasteiger partial charge in [0.2, 0.25) is 0 Å². The minimum absolute atomic E-state index is 0.144. The second-order valence-corrected chi connectivity index (χ2v) is 7.28. The number of aromatic nitrogens is 1. The van der Waals surface area contributed by atoms with E-state index in [-0.39, 0.29) is 11.8 Å². The molecule has 5 rings (SSSR count). The molecule has 3 aliphatic heterocycles. The number of aliphatic carboxylic acids is 2. The normalized spacial score (nSPS) is 25.3. The molecule has 8 nitrogen and oxygen atoms in total. The highest BCUT2D eigenvalue weighted by Crippen LogP contribution is 2.41. The van der Waals surface area contributed by atoms with Crippen molar-refractivity contribution in [1.29, 1.82) is 0 Å². The molecule has 0 radical (unpaired) electrons. The molecule has 3 aliphatic rings. The Kier molecular flexibility index (Phi) is 6.14. The molecule has 2 bridgehead atoms.